The zero-order valence-electron chi connectivity index (χ0n) is 16.0. The highest BCUT2D eigenvalue weighted by molar-refractivity contribution is 7.10. The highest BCUT2D eigenvalue weighted by Crippen LogP contribution is 2.45. The number of hydrogen-bond acceptors (Lipinski definition) is 5. The van der Waals surface area contributed by atoms with Gasteiger partial charge in [-0.25, -0.2) is 0 Å². The normalized spacial score (nSPS) is 18.8. The number of rotatable bonds is 5. The number of ketones is 1. The molecule has 0 fully saturated rings. The number of thiophene rings is 1. The Morgan fingerprint density at radius 1 is 1.25 bits per heavy atom. The van der Waals surface area contributed by atoms with Crippen LogP contribution in [-0.4, -0.2) is 24.8 Å². The second kappa shape index (κ2) is 8.19. The van der Waals surface area contributed by atoms with E-state index in [9.17, 15) is 9.59 Å². The minimum Gasteiger partial charge on any atom is -0.357 e. The van der Waals surface area contributed by atoms with Gasteiger partial charge in [0, 0.05) is 29.1 Å². The van der Waals surface area contributed by atoms with E-state index in [0.29, 0.717) is 13.0 Å². The Morgan fingerprint density at radius 3 is 2.89 bits per heavy atom. The van der Waals surface area contributed by atoms with Crippen molar-refractivity contribution >= 4 is 34.4 Å². The number of amides is 1. The van der Waals surface area contributed by atoms with Gasteiger partial charge in [-0.15, -0.1) is 11.3 Å². The second-order valence-electron chi connectivity index (χ2n) is 7.21. The van der Waals surface area contributed by atoms with Gasteiger partial charge in [0.1, 0.15) is 0 Å². The van der Waals surface area contributed by atoms with Crippen LogP contribution in [0.3, 0.4) is 0 Å². The fourth-order valence-electron chi connectivity index (χ4n) is 3.99. The van der Waals surface area contributed by atoms with Crippen molar-refractivity contribution in [3.05, 3.63) is 57.9 Å². The first-order valence-corrected chi connectivity index (χ1v) is 10.8. The summed E-state index contributed by atoms with van der Waals surface area (Å²) in [7, 11) is 0. The summed E-state index contributed by atoms with van der Waals surface area (Å²) in [5.74, 6) is 0.157. The quantitative estimate of drug-likeness (QED) is 0.794. The van der Waals surface area contributed by atoms with Gasteiger partial charge in [-0.3, -0.25) is 9.59 Å². The number of allylic oxidation sites excluding steroid dienone is 1. The summed E-state index contributed by atoms with van der Waals surface area (Å²) in [6, 6.07) is 11.8. The minimum atomic E-state index is -0.244. The minimum absolute atomic E-state index is 0.0227. The molecular formula is C22H25N3O2S. The third kappa shape index (κ3) is 3.56. The van der Waals surface area contributed by atoms with Crippen LogP contribution >= 0.6 is 11.3 Å². The van der Waals surface area contributed by atoms with Gasteiger partial charge in [-0.2, -0.15) is 0 Å². The molecule has 1 aliphatic heterocycles. The first-order chi connectivity index (χ1) is 13.7. The van der Waals surface area contributed by atoms with Crippen molar-refractivity contribution in [2.45, 2.75) is 38.6 Å². The molecule has 6 heteroatoms. The lowest BCUT2D eigenvalue weighted by Gasteiger charge is -2.34. The standard InChI is InChI=1S/C22H25N3O2S/c1-2-12-23-20(27)14-25-17-9-4-3-7-15(17)24-16-8-5-10-18(26)21(16)22(25)19-11-6-13-28-19/h3-4,6-7,9,11,13,22,24H,2,5,8,10,12,14H2,1H3,(H,23,27)/t22-/m1/s1. The van der Waals surface area contributed by atoms with Crippen molar-refractivity contribution in [2.75, 3.05) is 23.3 Å². The maximum atomic E-state index is 13.0. The van der Waals surface area contributed by atoms with Crippen LogP contribution in [0.5, 0.6) is 0 Å². The van der Waals surface area contributed by atoms with E-state index in [0.717, 1.165) is 46.8 Å². The average molecular weight is 396 g/mol. The van der Waals surface area contributed by atoms with Gasteiger partial charge >= 0.3 is 0 Å². The fourth-order valence-corrected chi connectivity index (χ4v) is 4.84. The van der Waals surface area contributed by atoms with E-state index in [2.05, 4.69) is 21.6 Å². The summed E-state index contributed by atoms with van der Waals surface area (Å²) >= 11 is 1.63. The van der Waals surface area contributed by atoms with E-state index in [1.54, 1.807) is 11.3 Å². The van der Waals surface area contributed by atoms with E-state index in [-0.39, 0.29) is 24.3 Å². The van der Waals surface area contributed by atoms with Crippen LogP contribution in [0.25, 0.3) is 0 Å². The topological polar surface area (TPSA) is 61.4 Å². The number of Topliss-reactive ketones (excluding diaryl/α,β-unsaturated/α-hetero) is 1. The number of fused-ring (bicyclic) bond motifs is 1. The van der Waals surface area contributed by atoms with E-state index >= 15 is 0 Å². The summed E-state index contributed by atoms with van der Waals surface area (Å²) in [6.07, 6.45) is 3.18. The third-order valence-corrected chi connectivity index (χ3v) is 6.16. The highest BCUT2D eigenvalue weighted by atomic mass is 32.1. The number of carbonyl (C=O) groups excluding carboxylic acids is 2. The van der Waals surface area contributed by atoms with Crippen molar-refractivity contribution in [1.29, 1.82) is 0 Å². The lowest BCUT2D eigenvalue weighted by Crippen LogP contribution is -2.41. The van der Waals surface area contributed by atoms with Gasteiger partial charge < -0.3 is 15.5 Å². The van der Waals surface area contributed by atoms with E-state index in [4.69, 9.17) is 0 Å². The smallest absolute Gasteiger partial charge is 0.239 e. The first kappa shape index (κ1) is 18.7. The molecule has 1 aromatic heterocycles. The molecule has 0 bridgehead atoms. The van der Waals surface area contributed by atoms with E-state index in [1.165, 1.54) is 0 Å². The van der Waals surface area contributed by atoms with Gasteiger partial charge in [-0.1, -0.05) is 25.1 Å². The number of anilines is 2. The number of para-hydroxylation sites is 2. The molecule has 0 unspecified atom stereocenters. The molecule has 28 heavy (non-hydrogen) atoms. The molecule has 2 aromatic rings. The van der Waals surface area contributed by atoms with Crippen LogP contribution in [0.1, 0.15) is 43.5 Å². The molecule has 4 rings (SSSR count). The number of carbonyl (C=O) groups is 2. The molecule has 146 valence electrons. The Kier molecular flexibility index (Phi) is 5.48. The molecule has 5 nitrogen and oxygen atoms in total. The molecule has 0 spiro atoms. The molecule has 1 atom stereocenters. The second-order valence-corrected chi connectivity index (χ2v) is 8.19. The van der Waals surface area contributed by atoms with Crippen LogP contribution in [0.2, 0.25) is 0 Å². The summed E-state index contributed by atoms with van der Waals surface area (Å²) in [5.41, 5.74) is 3.72. The van der Waals surface area contributed by atoms with Crippen LogP contribution in [0.4, 0.5) is 11.4 Å². The molecule has 2 aliphatic rings. The predicted molar refractivity (Wildman–Crippen MR) is 114 cm³/mol. The zero-order valence-corrected chi connectivity index (χ0v) is 16.8. The molecule has 0 saturated carbocycles. The maximum Gasteiger partial charge on any atom is 0.239 e. The van der Waals surface area contributed by atoms with Crippen LogP contribution in [-0.2, 0) is 9.59 Å². The van der Waals surface area contributed by atoms with Crippen LogP contribution in [0, 0.1) is 0 Å². The number of hydrogen-bond donors (Lipinski definition) is 2. The fraction of sp³-hybridized carbons (Fsp3) is 0.364. The zero-order chi connectivity index (χ0) is 19.5. The average Bonchev–Trinajstić information content (AvgIpc) is 3.18. The molecule has 2 N–H and O–H groups in total. The molecule has 2 heterocycles. The monoisotopic (exact) mass is 395 g/mol. The Bertz CT molecular complexity index is 904. The Hall–Kier alpha value is -2.60. The maximum absolute atomic E-state index is 13.0. The van der Waals surface area contributed by atoms with Crippen molar-refractivity contribution in [1.82, 2.24) is 5.32 Å². The molecule has 0 saturated heterocycles. The number of benzene rings is 1. The van der Waals surface area contributed by atoms with Crippen molar-refractivity contribution in [2.24, 2.45) is 0 Å². The van der Waals surface area contributed by atoms with E-state index < -0.39 is 0 Å². The summed E-state index contributed by atoms with van der Waals surface area (Å²) < 4.78 is 0. The predicted octanol–water partition coefficient (Wildman–Crippen LogP) is 4.25. The summed E-state index contributed by atoms with van der Waals surface area (Å²) in [4.78, 5) is 28.9. The van der Waals surface area contributed by atoms with Crippen molar-refractivity contribution in [3.8, 4) is 0 Å². The first-order valence-electron chi connectivity index (χ1n) is 9.88. The van der Waals surface area contributed by atoms with Gasteiger partial charge in [0.15, 0.2) is 5.78 Å². The van der Waals surface area contributed by atoms with Gasteiger partial charge in [0.25, 0.3) is 0 Å². The summed E-state index contributed by atoms with van der Waals surface area (Å²) in [6.45, 7) is 2.91. The molecule has 1 aliphatic carbocycles. The van der Waals surface area contributed by atoms with Crippen molar-refractivity contribution in [3.63, 3.8) is 0 Å². The van der Waals surface area contributed by atoms with Gasteiger partial charge in [0.2, 0.25) is 5.91 Å². The highest BCUT2D eigenvalue weighted by Gasteiger charge is 2.37. The largest absolute Gasteiger partial charge is 0.357 e. The van der Waals surface area contributed by atoms with Gasteiger partial charge in [-0.05, 0) is 42.8 Å². The molecule has 1 aromatic carbocycles. The Balaban J connectivity index is 1.84. The summed E-state index contributed by atoms with van der Waals surface area (Å²) in [5, 5.41) is 8.53. The molecular weight excluding hydrogens is 370 g/mol. The SMILES string of the molecule is CCCNC(=O)CN1c2ccccc2NC2=C(C(=O)CCC2)[C@H]1c1cccs1. The molecule has 1 amide bonds. The Morgan fingerprint density at radius 2 is 2.11 bits per heavy atom. The third-order valence-electron chi connectivity index (χ3n) is 5.24. The van der Waals surface area contributed by atoms with E-state index in [1.807, 2.05) is 42.6 Å². The molecule has 0 radical (unpaired) electrons. The number of nitrogens with zero attached hydrogens (tertiary/aromatic N) is 1. The lowest BCUT2D eigenvalue weighted by atomic mass is 9.88. The lowest BCUT2D eigenvalue weighted by molar-refractivity contribution is -0.120. The number of nitrogens with one attached hydrogen (secondary N) is 2. The Labute approximate surface area is 169 Å². The van der Waals surface area contributed by atoms with Crippen LogP contribution < -0.4 is 15.5 Å². The van der Waals surface area contributed by atoms with Crippen LogP contribution in [0.15, 0.2) is 53.0 Å². The van der Waals surface area contributed by atoms with Crippen molar-refractivity contribution < 1.29 is 9.59 Å². The van der Waals surface area contributed by atoms with Gasteiger partial charge in [0.05, 0.1) is 24.0 Å².